The minimum Gasteiger partial charge on any atom is -0.378 e. The summed E-state index contributed by atoms with van der Waals surface area (Å²) >= 11 is 0. The van der Waals surface area contributed by atoms with Crippen LogP contribution in [-0.2, 0) is 11.3 Å². The first kappa shape index (κ1) is 7.28. The Morgan fingerprint density at radius 1 is 1.50 bits per heavy atom. The number of hydrogen-bond acceptors (Lipinski definition) is 3. The van der Waals surface area contributed by atoms with Crippen molar-refractivity contribution in [2.24, 2.45) is 0 Å². The Balaban J connectivity index is 2.83. The summed E-state index contributed by atoms with van der Waals surface area (Å²) in [5.41, 5.74) is 1.97. The molecule has 1 rings (SSSR count). The topological polar surface area (TPSA) is 35.3 Å². The van der Waals surface area contributed by atoms with Gasteiger partial charge in [-0.25, -0.2) is 0 Å². The number of nitrogens with zero attached hydrogens (tertiary/aromatic N) is 1. The highest BCUT2D eigenvalue weighted by molar-refractivity contribution is 5.18. The number of rotatable bonds is 2. The van der Waals surface area contributed by atoms with Crippen LogP contribution in [0.15, 0.2) is 4.52 Å². The summed E-state index contributed by atoms with van der Waals surface area (Å²) < 4.78 is 9.82. The second kappa shape index (κ2) is 2.84. The maximum absolute atomic E-state index is 4.92. The summed E-state index contributed by atoms with van der Waals surface area (Å²) in [6, 6.07) is 0. The van der Waals surface area contributed by atoms with Gasteiger partial charge in [0, 0.05) is 12.7 Å². The summed E-state index contributed by atoms with van der Waals surface area (Å²) in [5.74, 6) is 0.868. The van der Waals surface area contributed by atoms with Crippen molar-refractivity contribution in [3.8, 4) is 0 Å². The van der Waals surface area contributed by atoms with E-state index in [9.17, 15) is 0 Å². The minimum atomic E-state index is 0.531. The van der Waals surface area contributed by atoms with Crippen molar-refractivity contribution in [1.29, 1.82) is 0 Å². The zero-order valence-electron chi connectivity index (χ0n) is 6.47. The van der Waals surface area contributed by atoms with Gasteiger partial charge < -0.3 is 9.26 Å². The lowest BCUT2D eigenvalue weighted by molar-refractivity contribution is 0.176. The Morgan fingerprint density at radius 2 is 2.20 bits per heavy atom. The first-order valence-electron chi connectivity index (χ1n) is 3.16. The van der Waals surface area contributed by atoms with E-state index in [2.05, 4.69) is 5.16 Å². The summed E-state index contributed by atoms with van der Waals surface area (Å²) in [6.07, 6.45) is 0. The molecule has 1 heterocycles. The normalized spacial score (nSPS) is 10.3. The van der Waals surface area contributed by atoms with E-state index in [1.165, 1.54) is 0 Å². The molecule has 0 saturated carbocycles. The van der Waals surface area contributed by atoms with E-state index in [0.29, 0.717) is 6.61 Å². The zero-order valence-corrected chi connectivity index (χ0v) is 6.47. The Kier molecular flexibility index (Phi) is 2.06. The smallest absolute Gasteiger partial charge is 0.136 e. The molecule has 0 aromatic carbocycles. The predicted octanol–water partition coefficient (Wildman–Crippen LogP) is 1.44. The van der Waals surface area contributed by atoms with E-state index in [4.69, 9.17) is 9.26 Å². The second-order valence-corrected chi connectivity index (χ2v) is 2.24. The fraction of sp³-hybridized carbons (Fsp3) is 0.571. The fourth-order valence-electron chi connectivity index (χ4n) is 0.735. The molecule has 3 nitrogen and oxygen atoms in total. The molecule has 0 spiro atoms. The lowest BCUT2D eigenvalue weighted by Crippen LogP contribution is -1.89. The third-order valence-corrected chi connectivity index (χ3v) is 1.53. The van der Waals surface area contributed by atoms with Gasteiger partial charge in [-0.2, -0.15) is 0 Å². The minimum absolute atomic E-state index is 0.531. The number of aromatic nitrogens is 1. The summed E-state index contributed by atoms with van der Waals surface area (Å²) in [7, 11) is 1.64. The van der Waals surface area contributed by atoms with Crippen LogP contribution in [0.3, 0.4) is 0 Å². The molecule has 3 heteroatoms. The van der Waals surface area contributed by atoms with Gasteiger partial charge in [0.2, 0.25) is 0 Å². The number of aryl methyl sites for hydroxylation is 1. The van der Waals surface area contributed by atoms with Gasteiger partial charge in [-0.15, -0.1) is 0 Å². The van der Waals surface area contributed by atoms with Crippen LogP contribution in [0.5, 0.6) is 0 Å². The first-order valence-corrected chi connectivity index (χ1v) is 3.16. The molecule has 0 amide bonds. The standard InChI is InChI=1S/C7H11NO2/c1-5-6(2)10-8-7(5)4-9-3/h4H2,1-3H3. The SMILES string of the molecule is COCc1noc(C)c1C. The van der Waals surface area contributed by atoms with Gasteiger partial charge in [0.05, 0.1) is 6.61 Å². The molecule has 0 N–H and O–H groups in total. The van der Waals surface area contributed by atoms with Crippen LogP contribution in [0.25, 0.3) is 0 Å². The van der Waals surface area contributed by atoms with Crippen LogP contribution in [0.4, 0.5) is 0 Å². The van der Waals surface area contributed by atoms with Crippen molar-refractivity contribution in [2.75, 3.05) is 7.11 Å². The van der Waals surface area contributed by atoms with E-state index < -0.39 is 0 Å². The average Bonchev–Trinajstić information content (AvgIpc) is 2.20. The largest absolute Gasteiger partial charge is 0.378 e. The van der Waals surface area contributed by atoms with Gasteiger partial charge in [0.15, 0.2) is 0 Å². The van der Waals surface area contributed by atoms with Gasteiger partial charge in [0.25, 0.3) is 0 Å². The molecule has 1 aromatic heterocycles. The molecule has 0 aliphatic heterocycles. The number of hydrogen-bond donors (Lipinski definition) is 0. The molecular weight excluding hydrogens is 130 g/mol. The summed E-state index contributed by atoms with van der Waals surface area (Å²) in [4.78, 5) is 0. The average molecular weight is 141 g/mol. The Bertz CT molecular complexity index is 217. The highest BCUT2D eigenvalue weighted by Crippen LogP contribution is 2.11. The van der Waals surface area contributed by atoms with E-state index >= 15 is 0 Å². The van der Waals surface area contributed by atoms with Crippen molar-refractivity contribution >= 4 is 0 Å². The molecule has 0 atom stereocenters. The zero-order chi connectivity index (χ0) is 7.56. The molecule has 0 fully saturated rings. The molecular formula is C7H11NO2. The molecule has 10 heavy (non-hydrogen) atoms. The molecule has 1 aromatic rings. The first-order chi connectivity index (χ1) is 4.75. The molecule has 0 aliphatic rings. The quantitative estimate of drug-likeness (QED) is 0.625. The monoisotopic (exact) mass is 141 g/mol. The van der Waals surface area contributed by atoms with Crippen LogP contribution in [-0.4, -0.2) is 12.3 Å². The van der Waals surface area contributed by atoms with Crippen molar-refractivity contribution in [3.63, 3.8) is 0 Å². The molecule has 0 bridgehead atoms. The maximum atomic E-state index is 4.92. The highest BCUT2D eigenvalue weighted by Gasteiger charge is 2.05. The third-order valence-electron chi connectivity index (χ3n) is 1.53. The predicted molar refractivity (Wildman–Crippen MR) is 36.7 cm³/mol. The maximum Gasteiger partial charge on any atom is 0.136 e. The van der Waals surface area contributed by atoms with Gasteiger partial charge >= 0.3 is 0 Å². The van der Waals surface area contributed by atoms with Gasteiger partial charge in [-0.05, 0) is 13.8 Å². The van der Waals surface area contributed by atoms with Crippen LogP contribution in [0, 0.1) is 13.8 Å². The highest BCUT2D eigenvalue weighted by atomic mass is 16.5. The summed E-state index contributed by atoms with van der Waals surface area (Å²) in [5, 5.41) is 3.81. The van der Waals surface area contributed by atoms with Gasteiger partial charge in [-0.1, -0.05) is 5.16 Å². The molecule has 0 aliphatic carbocycles. The van der Waals surface area contributed by atoms with Crippen LogP contribution in [0.1, 0.15) is 17.0 Å². The van der Waals surface area contributed by atoms with Crippen molar-refractivity contribution in [2.45, 2.75) is 20.5 Å². The lowest BCUT2D eigenvalue weighted by Gasteiger charge is -1.91. The second-order valence-electron chi connectivity index (χ2n) is 2.24. The van der Waals surface area contributed by atoms with E-state index in [1.807, 2.05) is 13.8 Å². The Hall–Kier alpha value is -0.830. The van der Waals surface area contributed by atoms with Crippen molar-refractivity contribution in [1.82, 2.24) is 5.16 Å². The van der Waals surface area contributed by atoms with Gasteiger partial charge in [-0.3, -0.25) is 0 Å². The van der Waals surface area contributed by atoms with Crippen LogP contribution >= 0.6 is 0 Å². The third kappa shape index (κ3) is 1.19. The van der Waals surface area contributed by atoms with Crippen molar-refractivity contribution < 1.29 is 9.26 Å². The van der Waals surface area contributed by atoms with Crippen LogP contribution in [0.2, 0.25) is 0 Å². The number of methoxy groups -OCH3 is 1. The van der Waals surface area contributed by atoms with E-state index in [0.717, 1.165) is 17.0 Å². The van der Waals surface area contributed by atoms with E-state index in [-0.39, 0.29) is 0 Å². The Morgan fingerprint density at radius 3 is 2.60 bits per heavy atom. The summed E-state index contributed by atoms with van der Waals surface area (Å²) in [6.45, 7) is 4.39. The number of ether oxygens (including phenoxy) is 1. The Labute approximate surface area is 60.0 Å². The molecule has 0 unspecified atom stereocenters. The van der Waals surface area contributed by atoms with Crippen LogP contribution < -0.4 is 0 Å². The molecule has 0 radical (unpaired) electrons. The fourth-order valence-corrected chi connectivity index (χ4v) is 0.735. The molecule has 56 valence electrons. The molecule has 0 saturated heterocycles. The van der Waals surface area contributed by atoms with Crippen molar-refractivity contribution in [3.05, 3.63) is 17.0 Å². The lowest BCUT2D eigenvalue weighted by atomic mass is 10.2. The van der Waals surface area contributed by atoms with Gasteiger partial charge in [0.1, 0.15) is 11.5 Å². The van der Waals surface area contributed by atoms with E-state index in [1.54, 1.807) is 7.11 Å².